The Kier molecular flexibility index (Phi) is 5.10. The first-order valence-electron chi connectivity index (χ1n) is 7.62. The van der Waals surface area contributed by atoms with Gasteiger partial charge in [-0.05, 0) is 23.6 Å². The molecule has 0 spiro atoms. The lowest BCUT2D eigenvalue weighted by atomic mass is 10.3. The van der Waals surface area contributed by atoms with E-state index in [9.17, 15) is 14.0 Å². The first-order valence-corrected chi connectivity index (χ1v) is 8.50. The number of carbonyl (C=O) groups excluding carboxylic acids is 2. The molecule has 24 heavy (non-hydrogen) atoms. The van der Waals surface area contributed by atoms with Gasteiger partial charge >= 0.3 is 0 Å². The van der Waals surface area contributed by atoms with Crippen molar-refractivity contribution in [1.82, 2.24) is 9.80 Å². The molecule has 0 bridgehead atoms. The second-order valence-corrected chi connectivity index (χ2v) is 6.34. The quantitative estimate of drug-likeness (QED) is 0.852. The number of rotatable bonds is 4. The van der Waals surface area contributed by atoms with E-state index in [-0.39, 0.29) is 18.4 Å². The van der Waals surface area contributed by atoms with E-state index in [0.29, 0.717) is 36.8 Å². The number of hydrogen-bond donors (Lipinski definition) is 0. The van der Waals surface area contributed by atoms with Crippen LogP contribution in [0.3, 0.4) is 0 Å². The highest BCUT2D eigenvalue weighted by Gasteiger charge is 2.25. The molecule has 2 amide bonds. The van der Waals surface area contributed by atoms with Gasteiger partial charge in [0, 0.05) is 32.2 Å². The summed E-state index contributed by atoms with van der Waals surface area (Å²) < 4.78 is 18.4. The third-order valence-corrected chi connectivity index (χ3v) is 4.67. The van der Waals surface area contributed by atoms with Crippen molar-refractivity contribution in [2.45, 2.75) is 0 Å². The molecule has 7 heteroatoms. The molecule has 0 aliphatic carbocycles. The molecule has 2 aromatic rings. The molecule has 126 valence electrons. The van der Waals surface area contributed by atoms with Crippen LogP contribution in [0.4, 0.5) is 4.39 Å². The van der Waals surface area contributed by atoms with Crippen molar-refractivity contribution in [2.24, 2.45) is 0 Å². The highest BCUT2D eigenvalue weighted by molar-refractivity contribution is 7.12. The molecule has 1 aromatic heterocycles. The fourth-order valence-corrected chi connectivity index (χ4v) is 3.20. The molecule has 3 rings (SSSR count). The Morgan fingerprint density at radius 1 is 1.08 bits per heavy atom. The van der Waals surface area contributed by atoms with Crippen molar-refractivity contribution in [3.05, 3.63) is 52.5 Å². The van der Waals surface area contributed by atoms with Crippen molar-refractivity contribution in [3.63, 3.8) is 0 Å². The fraction of sp³-hybridized carbons (Fsp3) is 0.294. The van der Waals surface area contributed by atoms with Gasteiger partial charge in [-0.25, -0.2) is 4.39 Å². The van der Waals surface area contributed by atoms with Crippen LogP contribution in [-0.2, 0) is 4.79 Å². The molecule has 1 aliphatic heterocycles. The smallest absolute Gasteiger partial charge is 0.264 e. The van der Waals surface area contributed by atoms with Gasteiger partial charge in [0.05, 0.1) is 4.88 Å². The number of amides is 2. The second kappa shape index (κ2) is 7.44. The summed E-state index contributed by atoms with van der Waals surface area (Å²) in [5, 5.41) is 1.87. The van der Waals surface area contributed by atoms with Gasteiger partial charge in [-0.2, -0.15) is 0 Å². The second-order valence-electron chi connectivity index (χ2n) is 5.40. The maximum atomic E-state index is 13.1. The van der Waals surface area contributed by atoms with Crippen molar-refractivity contribution < 1.29 is 18.7 Å². The minimum absolute atomic E-state index is 0.00751. The average molecular weight is 348 g/mol. The Balaban J connectivity index is 1.47. The summed E-state index contributed by atoms with van der Waals surface area (Å²) in [7, 11) is 0. The Morgan fingerprint density at radius 3 is 2.50 bits per heavy atom. The molecule has 1 saturated heterocycles. The number of benzene rings is 1. The molecule has 2 heterocycles. The van der Waals surface area contributed by atoms with Gasteiger partial charge in [0.2, 0.25) is 0 Å². The maximum absolute atomic E-state index is 13.1. The molecule has 0 radical (unpaired) electrons. The highest BCUT2D eigenvalue weighted by atomic mass is 32.1. The molecular weight excluding hydrogens is 331 g/mol. The van der Waals surface area contributed by atoms with Crippen LogP contribution < -0.4 is 4.74 Å². The first kappa shape index (κ1) is 16.4. The number of ether oxygens (including phenoxy) is 1. The third-order valence-electron chi connectivity index (χ3n) is 3.81. The summed E-state index contributed by atoms with van der Waals surface area (Å²) in [6.07, 6.45) is 0. The zero-order chi connectivity index (χ0) is 16.9. The first-order chi connectivity index (χ1) is 11.6. The summed E-state index contributed by atoms with van der Waals surface area (Å²) in [4.78, 5) is 28.5. The zero-order valence-electron chi connectivity index (χ0n) is 13.0. The normalized spacial score (nSPS) is 14.5. The van der Waals surface area contributed by atoms with Crippen LogP contribution in [0.15, 0.2) is 41.8 Å². The van der Waals surface area contributed by atoms with Gasteiger partial charge in [0.1, 0.15) is 11.6 Å². The van der Waals surface area contributed by atoms with Crippen molar-refractivity contribution in [1.29, 1.82) is 0 Å². The molecule has 1 aliphatic rings. The number of piperazine rings is 1. The summed E-state index contributed by atoms with van der Waals surface area (Å²) in [5.41, 5.74) is 0. The fourth-order valence-electron chi connectivity index (χ4n) is 2.51. The Labute approximate surface area is 143 Å². The monoisotopic (exact) mass is 348 g/mol. The zero-order valence-corrected chi connectivity index (χ0v) is 13.8. The van der Waals surface area contributed by atoms with Crippen LogP contribution in [-0.4, -0.2) is 54.4 Å². The van der Waals surface area contributed by atoms with Gasteiger partial charge in [0.25, 0.3) is 11.8 Å². The predicted molar refractivity (Wildman–Crippen MR) is 88.7 cm³/mol. The molecule has 5 nitrogen and oxygen atoms in total. The van der Waals surface area contributed by atoms with Crippen LogP contribution in [0.25, 0.3) is 0 Å². The van der Waals surface area contributed by atoms with Gasteiger partial charge in [-0.1, -0.05) is 12.1 Å². The number of nitrogens with zero attached hydrogens (tertiary/aromatic N) is 2. The van der Waals surface area contributed by atoms with Crippen molar-refractivity contribution >= 4 is 23.2 Å². The molecule has 0 unspecified atom stereocenters. The lowest BCUT2D eigenvalue weighted by molar-refractivity contribution is -0.134. The van der Waals surface area contributed by atoms with Crippen LogP contribution in [0.5, 0.6) is 5.75 Å². The topological polar surface area (TPSA) is 49.9 Å². The van der Waals surface area contributed by atoms with E-state index < -0.39 is 5.82 Å². The lowest BCUT2D eigenvalue weighted by Crippen LogP contribution is -2.51. The Bertz CT molecular complexity index is 712. The minimum Gasteiger partial charge on any atom is -0.484 e. The molecule has 1 fully saturated rings. The Morgan fingerprint density at radius 2 is 1.83 bits per heavy atom. The summed E-state index contributed by atoms with van der Waals surface area (Å²) in [5.74, 6) is -0.230. The third kappa shape index (κ3) is 3.91. The molecule has 1 aromatic carbocycles. The minimum atomic E-state index is -0.402. The highest BCUT2D eigenvalue weighted by Crippen LogP contribution is 2.15. The van der Waals surface area contributed by atoms with E-state index in [1.165, 1.54) is 29.5 Å². The number of thiophene rings is 1. The van der Waals surface area contributed by atoms with E-state index in [0.717, 1.165) is 0 Å². The number of halogens is 1. The number of hydrogen-bond acceptors (Lipinski definition) is 4. The molecular formula is C17H17FN2O3S. The largest absolute Gasteiger partial charge is 0.484 e. The van der Waals surface area contributed by atoms with Crippen LogP contribution >= 0.6 is 11.3 Å². The number of carbonyl (C=O) groups is 2. The van der Waals surface area contributed by atoms with Gasteiger partial charge in [0.15, 0.2) is 6.61 Å². The lowest BCUT2D eigenvalue weighted by Gasteiger charge is -2.34. The SMILES string of the molecule is O=C(COc1cccc(F)c1)N1CCN(C(=O)c2cccs2)CC1. The Hall–Kier alpha value is -2.41. The molecule has 0 saturated carbocycles. The van der Waals surface area contributed by atoms with Crippen molar-refractivity contribution in [2.75, 3.05) is 32.8 Å². The van der Waals surface area contributed by atoms with E-state index in [1.807, 2.05) is 11.4 Å². The van der Waals surface area contributed by atoms with Crippen LogP contribution in [0, 0.1) is 5.82 Å². The molecule has 0 atom stereocenters. The van der Waals surface area contributed by atoms with E-state index in [2.05, 4.69) is 0 Å². The predicted octanol–water partition coefficient (Wildman–Crippen LogP) is 2.25. The standard InChI is InChI=1S/C17H17FN2O3S/c18-13-3-1-4-14(11-13)23-12-16(21)19-6-8-20(9-7-19)17(22)15-5-2-10-24-15/h1-5,10-11H,6-9,12H2. The van der Waals surface area contributed by atoms with E-state index in [4.69, 9.17) is 4.74 Å². The summed E-state index contributed by atoms with van der Waals surface area (Å²) >= 11 is 1.42. The average Bonchev–Trinajstić information content (AvgIpc) is 3.14. The summed E-state index contributed by atoms with van der Waals surface area (Å²) in [6, 6.07) is 9.35. The van der Waals surface area contributed by atoms with E-state index in [1.54, 1.807) is 21.9 Å². The van der Waals surface area contributed by atoms with Gasteiger partial charge < -0.3 is 14.5 Å². The van der Waals surface area contributed by atoms with Gasteiger partial charge in [-0.15, -0.1) is 11.3 Å². The van der Waals surface area contributed by atoms with Crippen LogP contribution in [0.2, 0.25) is 0 Å². The van der Waals surface area contributed by atoms with E-state index >= 15 is 0 Å². The molecule has 0 N–H and O–H groups in total. The van der Waals surface area contributed by atoms with Gasteiger partial charge in [-0.3, -0.25) is 9.59 Å². The summed E-state index contributed by atoms with van der Waals surface area (Å²) in [6.45, 7) is 1.82. The maximum Gasteiger partial charge on any atom is 0.264 e. The van der Waals surface area contributed by atoms with Crippen molar-refractivity contribution in [3.8, 4) is 5.75 Å². The van der Waals surface area contributed by atoms with Crippen LogP contribution in [0.1, 0.15) is 9.67 Å².